The topological polar surface area (TPSA) is 38.8 Å². The fourth-order valence-electron chi connectivity index (χ4n) is 6.06. The van der Waals surface area contributed by atoms with E-state index in [0.717, 1.165) is 37.0 Å². The maximum absolute atomic E-state index is 13.1. The number of ether oxygens (including phenoxy) is 2. The third-order valence-electron chi connectivity index (χ3n) is 7.61. The van der Waals surface area contributed by atoms with Crippen molar-refractivity contribution in [2.24, 2.45) is 0 Å². The Labute approximate surface area is 229 Å². The molecule has 4 nitrogen and oxygen atoms in total. The molecule has 1 aliphatic carbocycles. The van der Waals surface area contributed by atoms with E-state index in [9.17, 15) is 18.0 Å². The van der Waals surface area contributed by atoms with E-state index in [1.807, 2.05) is 6.92 Å². The molecule has 0 aromatic heterocycles. The third kappa shape index (κ3) is 6.89. The standard InChI is InChI=1S/C29H40F3NO3SSi/c1-8-33(28(34)35-23-12-14-24(15-13-23)36-29(30,31)32)27-11-9-10-22-18-25(16-17-26(22)27)37-38(19(2)3,20(4)5)21(6)7/h12-21,27H,8-11H2,1-7H3. The number of fused-ring (bicyclic) bond motifs is 1. The van der Waals surface area contributed by atoms with E-state index in [4.69, 9.17) is 4.74 Å². The molecule has 3 rings (SSSR count). The highest BCUT2D eigenvalue weighted by atomic mass is 32.4. The van der Waals surface area contributed by atoms with Crippen LogP contribution in [-0.2, 0) is 6.42 Å². The van der Waals surface area contributed by atoms with Crippen LogP contribution in [0.5, 0.6) is 11.5 Å². The van der Waals surface area contributed by atoms with Gasteiger partial charge in [0.25, 0.3) is 0 Å². The average molecular weight is 568 g/mol. The van der Waals surface area contributed by atoms with Gasteiger partial charge in [0, 0.05) is 11.4 Å². The Kier molecular flexibility index (Phi) is 9.90. The predicted octanol–water partition coefficient (Wildman–Crippen LogP) is 9.75. The van der Waals surface area contributed by atoms with Crippen LogP contribution in [0.25, 0.3) is 0 Å². The summed E-state index contributed by atoms with van der Waals surface area (Å²) in [5.41, 5.74) is 4.38. The second-order valence-corrected chi connectivity index (χ2v) is 19.4. The monoisotopic (exact) mass is 567 g/mol. The summed E-state index contributed by atoms with van der Waals surface area (Å²) in [5, 5.41) is 0. The first-order valence-corrected chi connectivity index (χ1v) is 17.2. The summed E-state index contributed by atoms with van der Waals surface area (Å²) in [6.45, 7) is 16.6. The molecule has 2 aromatic rings. The molecule has 0 bridgehead atoms. The van der Waals surface area contributed by atoms with Crippen molar-refractivity contribution < 1.29 is 27.4 Å². The smallest absolute Gasteiger partial charge is 0.410 e. The van der Waals surface area contributed by atoms with Crippen LogP contribution < -0.4 is 9.47 Å². The molecule has 0 aliphatic heterocycles. The molecular weight excluding hydrogens is 527 g/mol. The highest BCUT2D eigenvalue weighted by Gasteiger charge is 2.44. The van der Waals surface area contributed by atoms with E-state index in [1.54, 1.807) is 4.90 Å². The first-order valence-electron chi connectivity index (χ1n) is 13.4. The quantitative estimate of drug-likeness (QED) is 0.283. The van der Waals surface area contributed by atoms with E-state index in [-0.39, 0.29) is 17.5 Å². The molecule has 0 radical (unpaired) electrons. The molecule has 1 unspecified atom stereocenters. The number of amides is 1. The Hall–Kier alpha value is -2.13. The number of benzene rings is 2. The Morgan fingerprint density at radius 1 is 1.00 bits per heavy atom. The number of nitrogens with zero attached hydrogens (tertiary/aromatic N) is 1. The summed E-state index contributed by atoms with van der Waals surface area (Å²) in [5.74, 6) is -0.192. The van der Waals surface area contributed by atoms with E-state index in [2.05, 4.69) is 75.7 Å². The molecule has 1 atom stereocenters. The fraction of sp³-hybridized carbons (Fsp3) is 0.552. The first kappa shape index (κ1) is 30.4. The zero-order valence-corrected chi connectivity index (χ0v) is 25.2. The normalized spacial score (nSPS) is 16.1. The number of carbonyl (C=O) groups excluding carboxylic acids is 1. The molecule has 210 valence electrons. The maximum atomic E-state index is 13.1. The van der Waals surface area contributed by atoms with Gasteiger partial charge in [-0.3, -0.25) is 0 Å². The SMILES string of the molecule is CCN(C(=O)Oc1ccc(OC(F)(F)F)cc1)C1CCCc2cc(S[Si](C(C)C)(C(C)C)C(C)C)ccc21. The summed E-state index contributed by atoms with van der Waals surface area (Å²) < 4.78 is 46.7. The molecule has 1 aliphatic rings. The van der Waals surface area contributed by atoms with Crippen LogP contribution in [-0.4, -0.2) is 31.1 Å². The number of rotatable bonds is 9. The van der Waals surface area contributed by atoms with Gasteiger partial charge in [0.2, 0.25) is 0 Å². The van der Waals surface area contributed by atoms with Gasteiger partial charge in [-0.05, 0) is 90.3 Å². The van der Waals surface area contributed by atoms with Crippen molar-refractivity contribution in [1.29, 1.82) is 0 Å². The lowest BCUT2D eigenvalue weighted by atomic mass is 9.87. The predicted molar refractivity (Wildman–Crippen MR) is 151 cm³/mol. The highest BCUT2D eigenvalue weighted by Crippen LogP contribution is 2.52. The molecule has 0 spiro atoms. The van der Waals surface area contributed by atoms with E-state index in [1.165, 1.54) is 22.6 Å². The minimum Gasteiger partial charge on any atom is -0.410 e. The van der Waals surface area contributed by atoms with E-state index >= 15 is 0 Å². The van der Waals surface area contributed by atoms with Crippen LogP contribution in [0.1, 0.15) is 78.5 Å². The first-order chi connectivity index (χ1) is 17.8. The van der Waals surface area contributed by atoms with Crippen molar-refractivity contribution in [3.05, 3.63) is 53.6 Å². The van der Waals surface area contributed by atoms with Crippen LogP contribution in [0.3, 0.4) is 0 Å². The van der Waals surface area contributed by atoms with Gasteiger partial charge in [-0.15, -0.1) is 13.2 Å². The Bertz CT molecular complexity index is 1070. The van der Waals surface area contributed by atoms with Gasteiger partial charge in [-0.1, -0.05) is 47.6 Å². The van der Waals surface area contributed by atoms with Crippen LogP contribution >= 0.6 is 11.2 Å². The van der Waals surface area contributed by atoms with Crippen LogP contribution in [0.2, 0.25) is 16.6 Å². The summed E-state index contributed by atoms with van der Waals surface area (Å²) in [6.07, 6.45) is -2.50. The lowest BCUT2D eigenvalue weighted by Crippen LogP contribution is -2.41. The Morgan fingerprint density at radius 2 is 1.58 bits per heavy atom. The largest absolute Gasteiger partial charge is 0.573 e. The number of hydrogen-bond donors (Lipinski definition) is 0. The number of aryl methyl sites for hydroxylation is 1. The van der Waals surface area contributed by atoms with Crippen molar-refractivity contribution in [2.75, 3.05) is 6.54 Å². The summed E-state index contributed by atoms with van der Waals surface area (Å²) in [7, 11) is -1.68. The van der Waals surface area contributed by atoms with Gasteiger partial charge >= 0.3 is 12.5 Å². The van der Waals surface area contributed by atoms with E-state index < -0.39 is 19.7 Å². The zero-order chi connectivity index (χ0) is 28.3. The molecule has 0 saturated carbocycles. The third-order valence-corrected chi connectivity index (χ3v) is 19.9. The minimum absolute atomic E-state index is 0.106. The Morgan fingerprint density at radius 3 is 2.11 bits per heavy atom. The van der Waals surface area contributed by atoms with Crippen molar-refractivity contribution in [2.45, 2.75) is 102 Å². The van der Waals surface area contributed by atoms with Crippen LogP contribution in [0, 0.1) is 0 Å². The molecule has 2 aromatic carbocycles. The van der Waals surface area contributed by atoms with Gasteiger partial charge in [0.1, 0.15) is 18.7 Å². The lowest BCUT2D eigenvalue weighted by Gasteiger charge is -2.42. The zero-order valence-electron chi connectivity index (χ0n) is 23.4. The van der Waals surface area contributed by atoms with Crippen molar-refractivity contribution >= 4 is 24.5 Å². The van der Waals surface area contributed by atoms with Gasteiger partial charge in [0.05, 0.1) is 6.04 Å². The highest BCUT2D eigenvalue weighted by molar-refractivity contribution is 8.29. The molecular formula is C29H40F3NO3SSi. The summed E-state index contributed by atoms with van der Waals surface area (Å²) in [4.78, 5) is 16.2. The fourth-order valence-corrected chi connectivity index (χ4v) is 15.2. The molecule has 38 heavy (non-hydrogen) atoms. The van der Waals surface area contributed by atoms with Gasteiger partial charge in [-0.2, -0.15) is 11.2 Å². The average Bonchev–Trinajstić information content (AvgIpc) is 2.82. The number of hydrogen-bond acceptors (Lipinski definition) is 4. The lowest BCUT2D eigenvalue weighted by molar-refractivity contribution is -0.274. The minimum atomic E-state index is -4.77. The van der Waals surface area contributed by atoms with Crippen LogP contribution in [0.15, 0.2) is 47.4 Å². The Balaban J connectivity index is 1.80. The van der Waals surface area contributed by atoms with Crippen LogP contribution in [0.4, 0.5) is 18.0 Å². The summed E-state index contributed by atoms with van der Waals surface area (Å²) in [6, 6.07) is 11.5. The molecule has 0 heterocycles. The van der Waals surface area contributed by atoms with Crippen molar-refractivity contribution in [3.8, 4) is 11.5 Å². The second kappa shape index (κ2) is 12.4. The van der Waals surface area contributed by atoms with Crippen molar-refractivity contribution in [3.63, 3.8) is 0 Å². The number of alkyl halides is 3. The molecule has 0 N–H and O–H groups in total. The number of carbonyl (C=O) groups is 1. The van der Waals surface area contributed by atoms with Gasteiger partial charge < -0.3 is 14.4 Å². The maximum Gasteiger partial charge on any atom is 0.573 e. The van der Waals surface area contributed by atoms with Gasteiger partial charge in [0.15, 0.2) is 0 Å². The van der Waals surface area contributed by atoms with E-state index in [0.29, 0.717) is 23.2 Å². The number of halogens is 3. The second-order valence-electron chi connectivity index (χ2n) is 10.9. The molecule has 9 heteroatoms. The summed E-state index contributed by atoms with van der Waals surface area (Å²) >= 11 is 2.11. The van der Waals surface area contributed by atoms with Gasteiger partial charge in [-0.25, -0.2) is 4.79 Å². The molecule has 0 fully saturated rings. The molecule has 0 saturated heterocycles. The van der Waals surface area contributed by atoms with Crippen molar-refractivity contribution in [1.82, 2.24) is 4.90 Å². The molecule has 1 amide bonds.